The zero-order valence-corrected chi connectivity index (χ0v) is 8.51. The Morgan fingerprint density at radius 3 is 2.38 bits per heavy atom. The highest BCUT2D eigenvalue weighted by molar-refractivity contribution is 5.89. The summed E-state index contributed by atoms with van der Waals surface area (Å²) in [5.41, 5.74) is 3.01. The molecule has 0 saturated carbocycles. The van der Waals surface area contributed by atoms with Gasteiger partial charge in [-0.2, -0.15) is 0 Å². The van der Waals surface area contributed by atoms with Crippen molar-refractivity contribution in [3.05, 3.63) is 53.1 Å². The Kier molecular flexibility index (Phi) is 2.68. The number of aldehydes is 1. The minimum atomic E-state index is -0.932. The predicted octanol–water partition coefficient (Wildman–Crippen LogP) is 2.30. The molecule has 1 aromatic carbocycles. The molecule has 1 aromatic rings. The lowest BCUT2D eigenvalue weighted by molar-refractivity contribution is -0.104. The third-order valence-electron chi connectivity index (χ3n) is 2.55. The van der Waals surface area contributed by atoms with Crippen LogP contribution in [0.1, 0.15) is 22.3 Å². The third kappa shape index (κ3) is 1.93. The summed E-state index contributed by atoms with van der Waals surface area (Å²) in [4.78, 5) is 21.2. The standard InChI is InChI=1S/C13H10O3/c14-8-9-1-2-12(7-9)10-3-5-11(6-4-10)13(15)16/h1-6,8H,7H2,(H,15,16). The number of carboxylic acids is 1. The highest BCUT2D eigenvalue weighted by atomic mass is 16.4. The van der Waals surface area contributed by atoms with Crippen molar-refractivity contribution in [3.8, 4) is 0 Å². The van der Waals surface area contributed by atoms with Gasteiger partial charge in [-0.3, -0.25) is 4.79 Å². The van der Waals surface area contributed by atoms with Crippen LogP contribution in [0, 0.1) is 0 Å². The fraction of sp³-hybridized carbons (Fsp3) is 0.0769. The summed E-state index contributed by atoms with van der Waals surface area (Å²) < 4.78 is 0. The lowest BCUT2D eigenvalue weighted by atomic mass is 10.0. The van der Waals surface area contributed by atoms with Gasteiger partial charge in [-0.25, -0.2) is 4.79 Å². The Balaban J connectivity index is 2.19. The van der Waals surface area contributed by atoms with Crippen molar-refractivity contribution in [3.63, 3.8) is 0 Å². The van der Waals surface area contributed by atoms with E-state index in [2.05, 4.69) is 0 Å². The third-order valence-corrected chi connectivity index (χ3v) is 2.55. The van der Waals surface area contributed by atoms with Gasteiger partial charge in [0.05, 0.1) is 5.56 Å². The quantitative estimate of drug-likeness (QED) is 0.785. The van der Waals surface area contributed by atoms with E-state index >= 15 is 0 Å². The van der Waals surface area contributed by atoms with E-state index in [4.69, 9.17) is 5.11 Å². The van der Waals surface area contributed by atoms with Crippen LogP contribution in [0.4, 0.5) is 0 Å². The maximum absolute atomic E-state index is 10.7. The van der Waals surface area contributed by atoms with E-state index in [1.165, 1.54) is 0 Å². The number of hydrogen-bond acceptors (Lipinski definition) is 2. The van der Waals surface area contributed by atoms with Crippen molar-refractivity contribution in [1.82, 2.24) is 0 Å². The molecule has 0 saturated heterocycles. The van der Waals surface area contributed by atoms with Gasteiger partial charge in [0, 0.05) is 6.42 Å². The summed E-state index contributed by atoms with van der Waals surface area (Å²) in [6.45, 7) is 0. The Bertz CT molecular complexity index is 492. The molecule has 2 rings (SSSR count). The van der Waals surface area contributed by atoms with Gasteiger partial charge < -0.3 is 5.11 Å². The van der Waals surface area contributed by atoms with E-state index < -0.39 is 5.97 Å². The Morgan fingerprint density at radius 1 is 1.19 bits per heavy atom. The highest BCUT2D eigenvalue weighted by Crippen LogP contribution is 2.27. The summed E-state index contributed by atoms with van der Waals surface area (Å²) in [6.07, 6.45) is 5.14. The molecule has 1 aliphatic rings. The van der Waals surface area contributed by atoms with Crippen molar-refractivity contribution in [2.24, 2.45) is 0 Å². The number of carbonyl (C=O) groups excluding carboxylic acids is 1. The molecule has 80 valence electrons. The van der Waals surface area contributed by atoms with Crippen LogP contribution in [0.25, 0.3) is 5.57 Å². The van der Waals surface area contributed by atoms with E-state index in [1.54, 1.807) is 30.3 Å². The number of benzene rings is 1. The monoisotopic (exact) mass is 214 g/mol. The van der Waals surface area contributed by atoms with Crippen LogP contribution in [0.3, 0.4) is 0 Å². The molecule has 1 aliphatic carbocycles. The predicted molar refractivity (Wildman–Crippen MR) is 60.1 cm³/mol. The number of carbonyl (C=O) groups is 2. The lowest BCUT2D eigenvalue weighted by Crippen LogP contribution is -1.95. The second-order valence-corrected chi connectivity index (χ2v) is 3.61. The molecule has 0 fully saturated rings. The molecule has 0 aliphatic heterocycles. The summed E-state index contributed by atoms with van der Waals surface area (Å²) >= 11 is 0. The number of rotatable bonds is 3. The molecule has 16 heavy (non-hydrogen) atoms. The first-order valence-corrected chi connectivity index (χ1v) is 4.89. The molecule has 0 bridgehead atoms. The van der Waals surface area contributed by atoms with E-state index in [1.807, 2.05) is 6.08 Å². The average Bonchev–Trinajstić information content (AvgIpc) is 2.77. The molecular weight excluding hydrogens is 204 g/mol. The topological polar surface area (TPSA) is 54.4 Å². The Labute approximate surface area is 92.7 Å². The van der Waals surface area contributed by atoms with Crippen LogP contribution in [0.2, 0.25) is 0 Å². The van der Waals surface area contributed by atoms with Gasteiger partial charge in [0.1, 0.15) is 6.29 Å². The molecule has 3 nitrogen and oxygen atoms in total. The minimum absolute atomic E-state index is 0.269. The molecule has 1 N–H and O–H groups in total. The molecule has 0 spiro atoms. The number of carboxylic acid groups (broad SMARTS) is 1. The van der Waals surface area contributed by atoms with Crippen molar-refractivity contribution in [1.29, 1.82) is 0 Å². The first-order valence-electron chi connectivity index (χ1n) is 4.89. The van der Waals surface area contributed by atoms with Crippen molar-refractivity contribution in [2.75, 3.05) is 0 Å². The van der Waals surface area contributed by atoms with Gasteiger partial charge in [0.15, 0.2) is 0 Å². The van der Waals surface area contributed by atoms with Crippen LogP contribution in [0.15, 0.2) is 42.0 Å². The van der Waals surface area contributed by atoms with E-state index in [0.29, 0.717) is 6.42 Å². The molecule has 0 amide bonds. The second-order valence-electron chi connectivity index (χ2n) is 3.61. The number of hydrogen-bond donors (Lipinski definition) is 1. The van der Waals surface area contributed by atoms with E-state index in [-0.39, 0.29) is 5.56 Å². The van der Waals surface area contributed by atoms with Gasteiger partial charge in [-0.1, -0.05) is 24.3 Å². The lowest BCUT2D eigenvalue weighted by Gasteiger charge is -2.03. The maximum Gasteiger partial charge on any atom is 0.335 e. The largest absolute Gasteiger partial charge is 0.478 e. The van der Waals surface area contributed by atoms with Crippen LogP contribution >= 0.6 is 0 Å². The van der Waals surface area contributed by atoms with Crippen molar-refractivity contribution >= 4 is 17.8 Å². The molecule has 3 heteroatoms. The molecule has 0 atom stereocenters. The Morgan fingerprint density at radius 2 is 1.88 bits per heavy atom. The number of allylic oxidation sites excluding steroid dienone is 4. The molecular formula is C13H10O3. The van der Waals surface area contributed by atoms with Gasteiger partial charge in [-0.15, -0.1) is 0 Å². The van der Waals surface area contributed by atoms with E-state index in [0.717, 1.165) is 23.0 Å². The fourth-order valence-corrected chi connectivity index (χ4v) is 1.65. The SMILES string of the molecule is O=CC1=CC=C(c2ccc(C(=O)O)cc2)C1. The zero-order chi connectivity index (χ0) is 11.5. The summed E-state index contributed by atoms with van der Waals surface area (Å²) in [7, 11) is 0. The molecule has 0 unspecified atom stereocenters. The minimum Gasteiger partial charge on any atom is -0.478 e. The summed E-state index contributed by atoms with van der Waals surface area (Å²) in [5.74, 6) is -0.932. The van der Waals surface area contributed by atoms with Crippen LogP contribution < -0.4 is 0 Å². The summed E-state index contributed by atoms with van der Waals surface area (Å²) in [6, 6.07) is 6.66. The van der Waals surface area contributed by atoms with Gasteiger partial charge in [0.2, 0.25) is 0 Å². The van der Waals surface area contributed by atoms with Gasteiger partial charge >= 0.3 is 5.97 Å². The number of aromatic carboxylic acids is 1. The van der Waals surface area contributed by atoms with Crippen LogP contribution in [0.5, 0.6) is 0 Å². The van der Waals surface area contributed by atoms with Crippen LogP contribution in [-0.2, 0) is 4.79 Å². The normalized spacial score (nSPS) is 14.2. The maximum atomic E-state index is 10.7. The zero-order valence-electron chi connectivity index (χ0n) is 8.51. The molecule has 0 aromatic heterocycles. The first-order chi connectivity index (χ1) is 7.70. The van der Waals surface area contributed by atoms with E-state index in [9.17, 15) is 9.59 Å². The molecule has 0 heterocycles. The highest BCUT2D eigenvalue weighted by Gasteiger charge is 2.10. The second kappa shape index (κ2) is 4.14. The fourth-order valence-electron chi connectivity index (χ4n) is 1.65. The first kappa shape index (κ1) is 10.4. The van der Waals surface area contributed by atoms with Gasteiger partial charge in [0.25, 0.3) is 0 Å². The average molecular weight is 214 g/mol. The van der Waals surface area contributed by atoms with Crippen molar-refractivity contribution < 1.29 is 14.7 Å². The van der Waals surface area contributed by atoms with Crippen molar-refractivity contribution in [2.45, 2.75) is 6.42 Å². The summed E-state index contributed by atoms with van der Waals surface area (Å²) in [5, 5.41) is 8.75. The smallest absolute Gasteiger partial charge is 0.335 e. The Hall–Kier alpha value is -2.16. The molecule has 0 radical (unpaired) electrons. The van der Waals surface area contributed by atoms with Gasteiger partial charge in [-0.05, 0) is 28.8 Å². The van der Waals surface area contributed by atoms with Crippen LogP contribution in [-0.4, -0.2) is 17.4 Å².